The fourth-order valence-electron chi connectivity index (χ4n) is 2.40. The molecule has 0 atom stereocenters. The first kappa shape index (κ1) is 18.7. The van der Waals surface area contributed by atoms with E-state index < -0.39 is 0 Å². The number of carbonyl (C=O) groups excluding carboxylic acids is 2. The van der Waals surface area contributed by atoms with E-state index in [0.29, 0.717) is 11.3 Å². The highest BCUT2D eigenvalue weighted by molar-refractivity contribution is 7.99. The molecule has 0 aliphatic rings. The number of benzene rings is 3. The molecule has 0 unspecified atom stereocenters. The molecule has 0 aliphatic heterocycles. The van der Waals surface area contributed by atoms with Crippen LogP contribution in [0.15, 0.2) is 88.7 Å². The topological polar surface area (TPSA) is 55.4 Å². The summed E-state index contributed by atoms with van der Waals surface area (Å²) in [6.07, 6.45) is 0. The van der Waals surface area contributed by atoms with Crippen molar-refractivity contribution in [2.75, 3.05) is 11.9 Å². The van der Waals surface area contributed by atoms with Crippen molar-refractivity contribution in [1.82, 2.24) is 0 Å². The average Bonchev–Trinajstić information content (AvgIpc) is 2.69. The van der Waals surface area contributed by atoms with E-state index >= 15 is 0 Å². The van der Waals surface area contributed by atoms with E-state index in [2.05, 4.69) is 5.32 Å². The maximum atomic E-state index is 12.3. The molecule has 0 fully saturated rings. The minimum atomic E-state index is -0.244. The predicted octanol–water partition coefficient (Wildman–Crippen LogP) is 5.06. The number of anilines is 1. The van der Waals surface area contributed by atoms with Gasteiger partial charge < -0.3 is 10.1 Å². The number of ether oxygens (including phenoxy) is 1. The molecule has 3 aromatic carbocycles. The number of carbonyl (C=O) groups is 2. The van der Waals surface area contributed by atoms with Gasteiger partial charge in [-0.2, -0.15) is 0 Å². The summed E-state index contributed by atoms with van der Waals surface area (Å²) in [5.74, 6) is 0.292. The summed E-state index contributed by atoms with van der Waals surface area (Å²) in [6, 6.07) is 24.4. The number of ketones is 1. The van der Waals surface area contributed by atoms with Crippen molar-refractivity contribution in [3.05, 3.63) is 84.4 Å². The van der Waals surface area contributed by atoms with Crippen LogP contribution in [0.3, 0.4) is 0 Å². The molecule has 0 bridgehead atoms. The SMILES string of the molecule is CC(=O)c1ccc(OCC(=O)Nc2ccccc2Sc2ccccc2)cc1. The summed E-state index contributed by atoms with van der Waals surface area (Å²) in [7, 11) is 0. The molecule has 0 aliphatic carbocycles. The lowest BCUT2D eigenvalue weighted by Crippen LogP contribution is -2.20. The molecule has 0 radical (unpaired) electrons. The van der Waals surface area contributed by atoms with Gasteiger partial charge in [-0.1, -0.05) is 42.1 Å². The number of Topliss-reactive ketones (excluding diaryl/α,β-unsaturated/α-hetero) is 1. The summed E-state index contributed by atoms with van der Waals surface area (Å²) < 4.78 is 5.50. The smallest absolute Gasteiger partial charge is 0.262 e. The van der Waals surface area contributed by atoms with E-state index in [0.717, 1.165) is 15.5 Å². The number of nitrogens with one attached hydrogen (secondary N) is 1. The van der Waals surface area contributed by atoms with Crippen molar-refractivity contribution in [2.24, 2.45) is 0 Å². The molecule has 4 nitrogen and oxygen atoms in total. The quantitative estimate of drug-likeness (QED) is 0.585. The van der Waals surface area contributed by atoms with E-state index in [9.17, 15) is 9.59 Å². The summed E-state index contributed by atoms with van der Waals surface area (Å²) in [6.45, 7) is 1.40. The van der Waals surface area contributed by atoms with E-state index in [1.807, 2.05) is 54.6 Å². The number of para-hydroxylation sites is 1. The van der Waals surface area contributed by atoms with Crippen molar-refractivity contribution in [2.45, 2.75) is 16.7 Å². The second-order valence-corrected chi connectivity index (χ2v) is 6.94. The van der Waals surface area contributed by atoms with Crippen molar-refractivity contribution < 1.29 is 14.3 Å². The second kappa shape index (κ2) is 9.05. The molecule has 0 spiro atoms. The van der Waals surface area contributed by atoms with Gasteiger partial charge in [0.25, 0.3) is 5.91 Å². The molecule has 136 valence electrons. The number of rotatable bonds is 7. The molecule has 0 saturated carbocycles. The third-order valence-electron chi connectivity index (χ3n) is 3.76. The molecule has 1 amide bonds. The van der Waals surface area contributed by atoms with Gasteiger partial charge in [0, 0.05) is 15.4 Å². The van der Waals surface area contributed by atoms with Crippen LogP contribution in [0.25, 0.3) is 0 Å². The first-order valence-electron chi connectivity index (χ1n) is 8.47. The van der Waals surface area contributed by atoms with Crippen molar-refractivity contribution >= 4 is 29.1 Å². The maximum Gasteiger partial charge on any atom is 0.262 e. The highest BCUT2D eigenvalue weighted by atomic mass is 32.2. The van der Waals surface area contributed by atoms with Crippen LogP contribution < -0.4 is 10.1 Å². The summed E-state index contributed by atoms with van der Waals surface area (Å²) in [5.41, 5.74) is 1.35. The monoisotopic (exact) mass is 377 g/mol. The first-order valence-corrected chi connectivity index (χ1v) is 9.29. The van der Waals surface area contributed by atoms with Crippen LogP contribution in [0.4, 0.5) is 5.69 Å². The Labute approximate surface area is 162 Å². The molecular formula is C22H19NO3S. The molecule has 1 N–H and O–H groups in total. The van der Waals surface area contributed by atoms with Crippen molar-refractivity contribution in [1.29, 1.82) is 0 Å². The van der Waals surface area contributed by atoms with Gasteiger partial charge in [0.15, 0.2) is 12.4 Å². The molecule has 0 heterocycles. The van der Waals surface area contributed by atoms with Gasteiger partial charge in [-0.05, 0) is 55.5 Å². The number of hydrogen-bond donors (Lipinski definition) is 1. The molecular weight excluding hydrogens is 358 g/mol. The zero-order valence-electron chi connectivity index (χ0n) is 14.8. The highest BCUT2D eigenvalue weighted by Crippen LogP contribution is 2.33. The molecule has 27 heavy (non-hydrogen) atoms. The largest absolute Gasteiger partial charge is 0.484 e. The Hall–Kier alpha value is -3.05. The van der Waals surface area contributed by atoms with Gasteiger partial charge in [0.1, 0.15) is 5.75 Å². The van der Waals surface area contributed by atoms with E-state index in [1.54, 1.807) is 36.0 Å². The molecule has 0 aromatic heterocycles. The number of amides is 1. The standard InChI is InChI=1S/C22H19NO3S/c1-16(24)17-11-13-18(14-12-17)26-15-22(25)23-20-9-5-6-10-21(20)27-19-7-3-2-4-8-19/h2-14H,15H2,1H3,(H,23,25). The van der Waals surface area contributed by atoms with Crippen molar-refractivity contribution in [3.8, 4) is 5.75 Å². The van der Waals surface area contributed by atoms with Crippen LogP contribution in [-0.2, 0) is 4.79 Å². The normalized spacial score (nSPS) is 10.3. The lowest BCUT2D eigenvalue weighted by molar-refractivity contribution is -0.118. The van der Waals surface area contributed by atoms with Gasteiger partial charge in [-0.3, -0.25) is 9.59 Å². The Morgan fingerprint density at radius 1 is 0.889 bits per heavy atom. The van der Waals surface area contributed by atoms with Crippen LogP contribution in [0.2, 0.25) is 0 Å². The third kappa shape index (κ3) is 5.46. The fraction of sp³-hybridized carbons (Fsp3) is 0.0909. The Balaban J connectivity index is 1.60. The minimum absolute atomic E-state index is 0.00758. The molecule has 3 aromatic rings. The molecule has 0 saturated heterocycles. The number of hydrogen-bond acceptors (Lipinski definition) is 4. The van der Waals surface area contributed by atoms with Crippen LogP contribution in [0.5, 0.6) is 5.75 Å². The minimum Gasteiger partial charge on any atom is -0.484 e. The van der Waals surface area contributed by atoms with Crippen LogP contribution in [-0.4, -0.2) is 18.3 Å². The van der Waals surface area contributed by atoms with Gasteiger partial charge >= 0.3 is 0 Å². The Morgan fingerprint density at radius 2 is 1.56 bits per heavy atom. The second-order valence-electron chi connectivity index (χ2n) is 5.83. The zero-order valence-corrected chi connectivity index (χ0v) is 15.7. The fourth-order valence-corrected chi connectivity index (χ4v) is 3.32. The average molecular weight is 377 g/mol. The van der Waals surface area contributed by atoms with Gasteiger partial charge in [0.2, 0.25) is 0 Å². The van der Waals surface area contributed by atoms with Gasteiger partial charge in [-0.15, -0.1) is 0 Å². The van der Waals surface area contributed by atoms with E-state index in [1.165, 1.54) is 6.92 Å². The highest BCUT2D eigenvalue weighted by Gasteiger charge is 2.09. The van der Waals surface area contributed by atoms with Crippen LogP contribution in [0, 0.1) is 0 Å². The van der Waals surface area contributed by atoms with Gasteiger partial charge in [-0.25, -0.2) is 0 Å². The maximum absolute atomic E-state index is 12.3. The Bertz CT molecular complexity index is 924. The first-order chi connectivity index (χ1) is 13.1. The summed E-state index contributed by atoms with van der Waals surface area (Å²) >= 11 is 1.59. The Morgan fingerprint density at radius 3 is 2.26 bits per heavy atom. The molecule has 5 heteroatoms. The molecule has 3 rings (SSSR count). The predicted molar refractivity (Wildman–Crippen MR) is 108 cm³/mol. The lowest BCUT2D eigenvalue weighted by Gasteiger charge is -2.11. The summed E-state index contributed by atoms with van der Waals surface area (Å²) in [5, 5.41) is 2.89. The Kier molecular flexibility index (Phi) is 6.28. The lowest BCUT2D eigenvalue weighted by atomic mass is 10.1. The third-order valence-corrected chi connectivity index (χ3v) is 4.85. The summed E-state index contributed by atoms with van der Waals surface area (Å²) in [4.78, 5) is 25.6. The van der Waals surface area contributed by atoms with Crippen molar-refractivity contribution in [3.63, 3.8) is 0 Å². The van der Waals surface area contributed by atoms with Gasteiger partial charge in [0.05, 0.1) is 5.69 Å². The van der Waals surface area contributed by atoms with Crippen LogP contribution in [0.1, 0.15) is 17.3 Å². The van der Waals surface area contributed by atoms with E-state index in [-0.39, 0.29) is 18.3 Å². The zero-order chi connectivity index (χ0) is 19.1. The van der Waals surface area contributed by atoms with Crippen LogP contribution >= 0.6 is 11.8 Å². The van der Waals surface area contributed by atoms with E-state index in [4.69, 9.17) is 4.74 Å².